The SMILES string of the molecule is CC(C)(C)c1ccc(C2CSCC(C(=O)O)N2)cc1. The lowest BCUT2D eigenvalue weighted by molar-refractivity contribution is -0.139. The minimum atomic E-state index is -0.761. The highest BCUT2D eigenvalue weighted by atomic mass is 32.2. The number of thioether (sulfide) groups is 1. The summed E-state index contributed by atoms with van der Waals surface area (Å²) in [6, 6.07) is 8.21. The van der Waals surface area contributed by atoms with Crippen LogP contribution in [0.1, 0.15) is 37.9 Å². The Bertz CT molecular complexity index is 450. The molecule has 0 amide bonds. The Morgan fingerprint density at radius 1 is 1.26 bits per heavy atom. The van der Waals surface area contributed by atoms with Crippen molar-refractivity contribution in [1.29, 1.82) is 0 Å². The first-order chi connectivity index (χ1) is 8.88. The monoisotopic (exact) mass is 279 g/mol. The second-order valence-electron chi connectivity index (χ2n) is 6.02. The van der Waals surface area contributed by atoms with Crippen LogP contribution in [-0.4, -0.2) is 28.6 Å². The van der Waals surface area contributed by atoms with Crippen LogP contribution in [0.25, 0.3) is 0 Å². The van der Waals surface area contributed by atoms with Crippen LogP contribution >= 0.6 is 11.8 Å². The molecule has 2 N–H and O–H groups in total. The molecule has 0 aliphatic carbocycles. The molecular weight excluding hydrogens is 258 g/mol. The minimum Gasteiger partial charge on any atom is -0.480 e. The highest BCUT2D eigenvalue weighted by Crippen LogP contribution is 2.27. The maximum Gasteiger partial charge on any atom is 0.321 e. The van der Waals surface area contributed by atoms with Gasteiger partial charge in [0, 0.05) is 17.5 Å². The van der Waals surface area contributed by atoms with E-state index < -0.39 is 12.0 Å². The molecule has 2 unspecified atom stereocenters. The normalized spacial score (nSPS) is 24.2. The van der Waals surface area contributed by atoms with Crippen LogP contribution in [0.4, 0.5) is 0 Å². The zero-order valence-electron chi connectivity index (χ0n) is 11.6. The molecule has 2 atom stereocenters. The molecule has 19 heavy (non-hydrogen) atoms. The first-order valence-corrected chi connectivity index (χ1v) is 7.70. The molecule has 3 nitrogen and oxygen atoms in total. The summed E-state index contributed by atoms with van der Waals surface area (Å²) >= 11 is 1.70. The van der Waals surface area contributed by atoms with Crippen molar-refractivity contribution < 1.29 is 9.90 Å². The van der Waals surface area contributed by atoms with Crippen LogP contribution < -0.4 is 5.32 Å². The number of benzene rings is 1. The van der Waals surface area contributed by atoms with E-state index in [0.29, 0.717) is 5.75 Å². The third kappa shape index (κ3) is 3.51. The van der Waals surface area contributed by atoms with Crippen LogP contribution in [-0.2, 0) is 10.2 Å². The predicted octanol–water partition coefficient (Wildman–Crippen LogP) is 2.81. The average Bonchev–Trinajstić information content (AvgIpc) is 2.38. The summed E-state index contributed by atoms with van der Waals surface area (Å²) in [6.07, 6.45) is 0. The standard InChI is InChI=1S/C15H21NO2S/c1-15(2,3)11-6-4-10(5-7-11)12-8-19-9-13(16-12)14(17)18/h4-7,12-13,16H,8-9H2,1-3H3,(H,17,18). The quantitative estimate of drug-likeness (QED) is 0.874. The second-order valence-corrected chi connectivity index (χ2v) is 7.09. The van der Waals surface area contributed by atoms with Gasteiger partial charge in [-0.25, -0.2) is 0 Å². The zero-order chi connectivity index (χ0) is 14.0. The Kier molecular flexibility index (Phi) is 4.21. The van der Waals surface area contributed by atoms with E-state index >= 15 is 0 Å². The first-order valence-electron chi connectivity index (χ1n) is 6.55. The Labute approximate surface area is 118 Å². The molecule has 2 rings (SSSR count). The van der Waals surface area contributed by atoms with E-state index in [2.05, 4.69) is 50.4 Å². The summed E-state index contributed by atoms with van der Waals surface area (Å²) in [5.41, 5.74) is 2.62. The summed E-state index contributed by atoms with van der Waals surface area (Å²) in [5.74, 6) is 0.813. The molecule has 1 aromatic carbocycles. The number of nitrogens with one attached hydrogen (secondary N) is 1. The maximum absolute atomic E-state index is 11.0. The van der Waals surface area contributed by atoms with Gasteiger partial charge in [-0.05, 0) is 16.5 Å². The molecule has 1 aliphatic heterocycles. The Hall–Kier alpha value is -1.00. The molecule has 0 spiro atoms. The van der Waals surface area contributed by atoms with Crippen LogP contribution in [0.3, 0.4) is 0 Å². The summed E-state index contributed by atoms with van der Waals surface area (Å²) in [5, 5.41) is 12.3. The van der Waals surface area contributed by atoms with Gasteiger partial charge in [0.1, 0.15) is 6.04 Å². The number of carbonyl (C=O) groups is 1. The molecule has 1 aromatic rings. The average molecular weight is 279 g/mol. The number of hydrogen-bond donors (Lipinski definition) is 2. The van der Waals surface area contributed by atoms with E-state index in [4.69, 9.17) is 5.11 Å². The van der Waals surface area contributed by atoms with Gasteiger partial charge in [-0.3, -0.25) is 10.1 Å². The van der Waals surface area contributed by atoms with Crippen LogP contribution in [0.2, 0.25) is 0 Å². The van der Waals surface area contributed by atoms with Gasteiger partial charge in [0.2, 0.25) is 0 Å². The number of rotatable bonds is 2. The summed E-state index contributed by atoms with van der Waals surface area (Å²) in [7, 11) is 0. The van der Waals surface area contributed by atoms with Crippen molar-refractivity contribution in [2.75, 3.05) is 11.5 Å². The van der Waals surface area contributed by atoms with Crippen LogP contribution in [0.15, 0.2) is 24.3 Å². The highest BCUT2D eigenvalue weighted by Gasteiger charge is 2.27. The van der Waals surface area contributed by atoms with E-state index in [1.807, 2.05) is 0 Å². The van der Waals surface area contributed by atoms with E-state index in [1.165, 1.54) is 11.1 Å². The topological polar surface area (TPSA) is 49.3 Å². The minimum absolute atomic E-state index is 0.133. The summed E-state index contributed by atoms with van der Waals surface area (Å²) in [4.78, 5) is 11.0. The van der Waals surface area contributed by atoms with E-state index in [-0.39, 0.29) is 11.5 Å². The van der Waals surface area contributed by atoms with Crippen molar-refractivity contribution in [2.45, 2.75) is 38.3 Å². The van der Waals surface area contributed by atoms with Gasteiger partial charge in [-0.1, -0.05) is 45.0 Å². The van der Waals surface area contributed by atoms with E-state index in [0.717, 1.165) is 5.75 Å². The molecule has 0 radical (unpaired) electrons. The number of aliphatic carboxylic acids is 1. The third-order valence-electron chi connectivity index (χ3n) is 3.45. The number of carboxylic acids is 1. The van der Waals surface area contributed by atoms with Crippen LogP contribution in [0.5, 0.6) is 0 Å². The molecule has 0 aromatic heterocycles. The second kappa shape index (κ2) is 5.55. The van der Waals surface area contributed by atoms with Gasteiger partial charge >= 0.3 is 5.97 Å². The Morgan fingerprint density at radius 2 is 1.89 bits per heavy atom. The van der Waals surface area contributed by atoms with Crippen molar-refractivity contribution in [2.24, 2.45) is 0 Å². The lowest BCUT2D eigenvalue weighted by Gasteiger charge is -2.29. The Balaban J connectivity index is 2.12. The van der Waals surface area contributed by atoms with Gasteiger partial charge in [0.05, 0.1) is 0 Å². The molecule has 4 heteroatoms. The lowest BCUT2D eigenvalue weighted by atomic mass is 9.86. The first kappa shape index (κ1) is 14.4. The van der Waals surface area contributed by atoms with Crippen LogP contribution in [0, 0.1) is 0 Å². The molecule has 104 valence electrons. The number of carboxylic acid groups (broad SMARTS) is 1. The van der Waals surface area contributed by atoms with Gasteiger partial charge in [-0.15, -0.1) is 0 Å². The maximum atomic E-state index is 11.0. The fourth-order valence-corrected chi connectivity index (χ4v) is 3.33. The zero-order valence-corrected chi connectivity index (χ0v) is 12.5. The van der Waals surface area contributed by atoms with Gasteiger partial charge in [-0.2, -0.15) is 11.8 Å². The molecule has 1 fully saturated rings. The van der Waals surface area contributed by atoms with Crippen molar-refractivity contribution in [3.63, 3.8) is 0 Å². The molecule has 0 bridgehead atoms. The van der Waals surface area contributed by atoms with Gasteiger partial charge in [0.15, 0.2) is 0 Å². The van der Waals surface area contributed by atoms with Gasteiger partial charge in [0.25, 0.3) is 0 Å². The smallest absolute Gasteiger partial charge is 0.321 e. The van der Waals surface area contributed by atoms with E-state index in [9.17, 15) is 4.79 Å². The summed E-state index contributed by atoms with van der Waals surface area (Å²) < 4.78 is 0. The Morgan fingerprint density at radius 3 is 2.42 bits per heavy atom. The molecule has 1 heterocycles. The van der Waals surface area contributed by atoms with Crippen molar-refractivity contribution in [3.05, 3.63) is 35.4 Å². The largest absolute Gasteiger partial charge is 0.480 e. The third-order valence-corrected chi connectivity index (χ3v) is 4.59. The predicted molar refractivity (Wildman–Crippen MR) is 79.8 cm³/mol. The van der Waals surface area contributed by atoms with Crippen molar-refractivity contribution in [1.82, 2.24) is 5.32 Å². The van der Waals surface area contributed by atoms with Gasteiger partial charge < -0.3 is 5.11 Å². The van der Waals surface area contributed by atoms with Crippen molar-refractivity contribution in [3.8, 4) is 0 Å². The van der Waals surface area contributed by atoms with E-state index in [1.54, 1.807) is 11.8 Å². The molecule has 0 saturated carbocycles. The summed E-state index contributed by atoms with van der Waals surface area (Å²) in [6.45, 7) is 6.57. The molecule has 1 saturated heterocycles. The highest BCUT2D eigenvalue weighted by molar-refractivity contribution is 7.99. The molecule has 1 aliphatic rings. The lowest BCUT2D eigenvalue weighted by Crippen LogP contribution is -2.45. The fraction of sp³-hybridized carbons (Fsp3) is 0.533. The van der Waals surface area contributed by atoms with Crippen molar-refractivity contribution >= 4 is 17.7 Å². The fourth-order valence-electron chi connectivity index (χ4n) is 2.19. The number of hydrogen-bond acceptors (Lipinski definition) is 3. The molecular formula is C15H21NO2S.